The Bertz CT molecular complexity index is 2880. The lowest BCUT2D eigenvalue weighted by atomic mass is 10.0. The minimum Gasteiger partial charge on any atom is -0.444 e. The summed E-state index contributed by atoms with van der Waals surface area (Å²) >= 11 is 6.10. The van der Waals surface area contributed by atoms with Crippen molar-refractivity contribution in [3.63, 3.8) is 0 Å². The molecular formula is C60H78ClN7O15. The molecule has 6 atom stereocenters. The van der Waals surface area contributed by atoms with E-state index in [0.29, 0.717) is 23.4 Å². The lowest BCUT2D eigenvalue weighted by molar-refractivity contribution is -0.141. The molecule has 2 unspecified atom stereocenters. The van der Waals surface area contributed by atoms with Crippen molar-refractivity contribution in [3.8, 4) is 22.6 Å². The normalized spacial score (nSPS) is 13.6. The molecule has 83 heavy (non-hydrogen) atoms. The number of likely N-dealkylation sites (N-methyl/N-ethyl adjacent to an activating group) is 2. The molecule has 0 heterocycles. The van der Waals surface area contributed by atoms with Gasteiger partial charge in [-0.15, -0.1) is 0 Å². The lowest BCUT2D eigenvalue weighted by Gasteiger charge is -2.32. The standard InChI is InChI=1S/C60H78ClN7O15/c1-35(48(69)53(74)62-12)64-51(72)46(34-37-17-29-43(30-18-37)79-56(77)82-59(6,7)8)67-49(70)36(2)65-52(73)47(40-25-31-44(32-26-40)80-57(78)83-60(9,10)11)68(13)54(75)45(16-14-15-33-63-55(76)81-58(3,4)5)66-50(71)41-21-19-38(20-22-41)39-23-27-42(61)28-24-39/h17-32,35-36,45-48,69H,14-16,33-34H2,1-13H3,(H,62,74)(H,63,76)(H,64,72)(H,65,73)(H,66,71)(H,67,70)/t35?,36-,45-,46-,47-,48?/m0/s1. The first-order valence-electron chi connectivity index (χ1n) is 26.9. The molecule has 0 saturated carbocycles. The molecule has 0 radical (unpaired) electrons. The minimum atomic E-state index is -1.67. The zero-order valence-corrected chi connectivity index (χ0v) is 50.0. The van der Waals surface area contributed by atoms with Crippen LogP contribution in [0.15, 0.2) is 97.1 Å². The van der Waals surface area contributed by atoms with Crippen LogP contribution in [-0.4, -0.2) is 132 Å². The van der Waals surface area contributed by atoms with Gasteiger partial charge in [-0.2, -0.15) is 0 Å². The van der Waals surface area contributed by atoms with Crippen molar-refractivity contribution in [1.29, 1.82) is 0 Å². The van der Waals surface area contributed by atoms with Crippen LogP contribution < -0.4 is 41.4 Å². The topological polar surface area (TPSA) is 295 Å². The fraction of sp³-hybridized carbons (Fsp3) is 0.450. The van der Waals surface area contributed by atoms with Crippen LogP contribution in [0.25, 0.3) is 11.1 Å². The number of rotatable bonds is 23. The molecule has 0 aromatic heterocycles. The van der Waals surface area contributed by atoms with E-state index in [1.807, 2.05) is 12.1 Å². The number of hydrogen-bond acceptors (Lipinski definition) is 15. The summed E-state index contributed by atoms with van der Waals surface area (Å²) in [7, 11) is 2.65. The quantitative estimate of drug-likeness (QED) is 0.0164. The molecule has 7 N–H and O–H groups in total. The summed E-state index contributed by atoms with van der Waals surface area (Å²) in [6, 6.07) is 18.7. The van der Waals surface area contributed by atoms with Crippen LogP contribution in [0.4, 0.5) is 14.4 Å². The Morgan fingerprint density at radius 3 is 1.59 bits per heavy atom. The van der Waals surface area contributed by atoms with E-state index in [1.165, 1.54) is 76.5 Å². The molecule has 0 bridgehead atoms. The SMILES string of the molecule is CNC(=O)C(O)C(C)NC(=O)[C@H](Cc1ccc(OC(=O)OC(C)(C)C)cc1)NC(=O)[C@H](C)NC(=O)[C@H](c1ccc(OC(=O)OC(C)(C)C)cc1)N(C)C(=O)[C@H](CCCCNC(=O)OC(C)(C)C)NC(=O)c1ccc(-c2ccc(Cl)cc2)cc1. The van der Waals surface area contributed by atoms with Crippen LogP contribution in [-0.2, 0) is 44.6 Å². The highest BCUT2D eigenvalue weighted by Gasteiger charge is 2.36. The number of nitrogens with zero attached hydrogens (tertiary/aromatic N) is 1. The second-order valence-electron chi connectivity index (χ2n) is 22.6. The molecule has 450 valence electrons. The zero-order chi connectivity index (χ0) is 62.0. The maximum atomic E-state index is 15.0. The van der Waals surface area contributed by atoms with E-state index in [1.54, 1.807) is 98.7 Å². The number of hydrogen-bond donors (Lipinski definition) is 7. The number of amides is 7. The molecule has 23 heteroatoms. The van der Waals surface area contributed by atoms with Gasteiger partial charge in [0.05, 0.1) is 6.04 Å². The fourth-order valence-electron chi connectivity index (χ4n) is 7.88. The van der Waals surface area contributed by atoms with Gasteiger partial charge in [0.1, 0.15) is 52.5 Å². The van der Waals surface area contributed by atoms with Gasteiger partial charge in [0, 0.05) is 37.6 Å². The molecule has 4 aromatic carbocycles. The zero-order valence-electron chi connectivity index (χ0n) is 49.2. The summed E-state index contributed by atoms with van der Waals surface area (Å²) in [6.07, 6.45) is -3.75. The predicted molar refractivity (Wildman–Crippen MR) is 309 cm³/mol. The summed E-state index contributed by atoms with van der Waals surface area (Å²) in [6.45, 7) is 18.1. The molecule has 0 aliphatic rings. The van der Waals surface area contributed by atoms with E-state index in [-0.39, 0.29) is 42.0 Å². The summed E-state index contributed by atoms with van der Waals surface area (Å²) in [5, 5.41) is 26.8. The van der Waals surface area contributed by atoms with Gasteiger partial charge in [0.2, 0.25) is 23.6 Å². The highest BCUT2D eigenvalue weighted by molar-refractivity contribution is 6.30. The molecule has 4 rings (SSSR count). The van der Waals surface area contributed by atoms with Crippen LogP contribution in [0.5, 0.6) is 11.5 Å². The van der Waals surface area contributed by atoms with E-state index >= 15 is 0 Å². The lowest BCUT2D eigenvalue weighted by Crippen LogP contribution is -2.57. The number of benzene rings is 4. The van der Waals surface area contributed by atoms with E-state index in [9.17, 15) is 48.3 Å². The number of ether oxygens (including phenoxy) is 5. The monoisotopic (exact) mass is 1170 g/mol. The molecule has 0 aliphatic carbocycles. The first-order valence-corrected chi connectivity index (χ1v) is 27.3. The summed E-state index contributed by atoms with van der Waals surface area (Å²) in [5.74, 6) is -4.54. The Hall–Kier alpha value is -8.24. The van der Waals surface area contributed by atoms with E-state index in [0.717, 1.165) is 16.0 Å². The Morgan fingerprint density at radius 1 is 0.578 bits per heavy atom. The van der Waals surface area contributed by atoms with Crippen molar-refractivity contribution in [1.82, 2.24) is 36.8 Å². The maximum Gasteiger partial charge on any atom is 0.514 e. The van der Waals surface area contributed by atoms with Gasteiger partial charge in [-0.05, 0) is 166 Å². The number of alkyl carbamates (subject to hydrolysis) is 1. The second-order valence-corrected chi connectivity index (χ2v) is 23.0. The molecule has 0 saturated heterocycles. The average Bonchev–Trinajstić information content (AvgIpc) is 3.56. The van der Waals surface area contributed by atoms with Crippen LogP contribution in [0.1, 0.15) is 123 Å². The Kier molecular flexibility index (Phi) is 24.5. The van der Waals surface area contributed by atoms with Gasteiger partial charge >= 0.3 is 18.4 Å². The van der Waals surface area contributed by atoms with Crippen molar-refractivity contribution < 1.29 is 71.9 Å². The van der Waals surface area contributed by atoms with Gasteiger partial charge in [-0.3, -0.25) is 28.8 Å². The van der Waals surface area contributed by atoms with Gasteiger partial charge < -0.3 is 65.6 Å². The average molecular weight is 1170 g/mol. The molecular weight excluding hydrogens is 1090 g/mol. The van der Waals surface area contributed by atoms with Gasteiger partial charge in [0.25, 0.3) is 11.8 Å². The van der Waals surface area contributed by atoms with Crippen molar-refractivity contribution >= 4 is 65.4 Å². The first-order chi connectivity index (χ1) is 38.7. The van der Waals surface area contributed by atoms with Crippen molar-refractivity contribution in [2.24, 2.45) is 0 Å². The maximum absolute atomic E-state index is 15.0. The number of unbranched alkanes of at least 4 members (excludes halogenated alkanes) is 1. The third-order valence-electron chi connectivity index (χ3n) is 12.0. The molecule has 0 spiro atoms. The largest absolute Gasteiger partial charge is 0.514 e. The fourth-order valence-corrected chi connectivity index (χ4v) is 8.01. The van der Waals surface area contributed by atoms with Crippen LogP contribution in [0.2, 0.25) is 5.02 Å². The van der Waals surface area contributed by atoms with Crippen LogP contribution >= 0.6 is 11.6 Å². The minimum absolute atomic E-state index is 0.0304. The second kappa shape index (κ2) is 30.2. The molecule has 0 aliphatic heterocycles. The molecule has 22 nitrogen and oxygen atoms in total. The van der Waals surface area contributed by atoms with Gasteiger partial charge in [-0.1, -0.05) is 60.1 Å². The number of carbonyl (C=O) groups is 9. The van der Waals surface area contributed by atoms with E-state index < -0.39 is 107 Å². The summed E-state index contributed by atoms with van der Waals surface area (Å²) < 4.78 is 26.5. The number of carbonyl (C=O) groups excluding carboxylic acids is 9. The number of aliphatic hydroxyl groups excluding tert-OH is 1. The Balaban J connectivity index is 1.67. The Labute approximate surface area is 489 Å². The molecule has 0 fully saturated rings. The summed E-state index contributed by atoms with van der Waals surface area (Å²) in [4.78, 5) is 123. The van der Waals surface area contributed by atoms with Crippen molar-refractivity contribution in [2.45, 2.75) is 155 Å². The van der Waals surface area contributed by atoms with Crippen molar-refractivity contribution in [2.75, 3.05) is 20.6 Å². The van der Waals surface area contributed by atoms with E-state index in [4.69, 9.17) is 35.3 Å². The number of nitrogens with one attached hydrogen (secondary N) is 6. The van der Waals surface area contributed by atoms with E-state index in [2.05, 4.69) is 31.9 Å². The van der Waals surface area contributed by atoms with Crippen LogP contribution in [0.3, 0.4) is 0 Å². The Morgan fingerprint density at radius 2 is 1.08 bits per heavy atom. The van der Waals surface area contributed by atoms with Gasteiger partial charge in [-0.25, -0.2) is 14.4 Å². The summed E-state index contributed by atoms with van der Waals surface area (Å²) in [5.41, 5.74) is 0.0662. The highest BCUT2D eigenvalue weighted by Crippen LogP contribution is 2.27. The van der Waals surface area contributed by atoms with Gasteiger partial charge in [0.15, 0.2) is 6.10 Å². The number of halogens is 1. The first kappa shape index (κ1) is 67.3. The molecule has 4 aromatic rings. The highest BCUT2D eigenvalue weighted by atomic mass is 35.5. The third kappa shape index (κ3) is 22.9. The van der Waals surface area contributed by atoms with Crippen molar-refractivity contribution in [3.05, 3.63) is 119 Å². The molecule has 7 amide bonds. The smallest absolute Gasteiger partial charge is 0.444 e. The predicted octanol–water partition coefficient (Wildman–Crippen LogP) is 7.47. The third-order valence-corrected chi connectivity index (χ3v) is 12.2. The van der Waals surface area contributed by atoms with Crippen LogP contribution in [0, 0.1) is 0 Å². The number of aliphatic hydroxyl groups is 1.